The average molecular weight is 912 g/mol. The number of rotatable bonds is 6. The largest absolute Gasteiger partial charge is 0.460 e. The number of amides is 1. The molecule has 0 spiro atoms. The summed E-state index contributed by atoms with van der Waals surface area (Å²) in [5.41, 5.74) is 1.30. The number of piperidine rings is 1. The molecule has 5 rings (SSSR count). The first-order chi connectivity index (χ1) is 30.9. The zero-order chi connectivity index (χ0) is 47.7. The lowest BCUT2D eigenvalue weighted by Gasteiger charge is -2.50. The minimum Gasteiger partial charge on any atom is -0.460 e. The number of aliphatic hydroxyl groups is 2. The number of hydrogen-bond acceptors (Lipinski definition) is 13. The predicted octanol–water partition coefficient (Wildman–Crippen LogP) is 6.05. The van der Waals surface area contributed by atoms with E-state index in [0.29, 0.717) is 56.9 Å². The first-order valence-corrected chi connectivity index (χ1v) is 23.9. The molecule has 1 aliphatic carbocycles. The number of hydrogen-bond donors (Lipinski definition) is 2. The van der Waals surface area contributed by atoms with Gasteiger partial charge in [0, 0.05) is 71.5 Å². The van der Waals surface area contributed by atoms with E-state index in [0.717, 1.165) is 18.4 Å². The third-order valence-electron chi connectivity index (χ3n) is 15.2. The molecule has 4 aliphatic heterocycles. The quantitative estimate of drug-likeness (QED) is 0.179. The molecule has 0 aromatic heterocycles. The maximum Gasteiger partial charge on any atom is 0.329 e. The zero-order valence-electron chi connectivity index (χ0n) is 40.4. The van der Waals surface area contributed by atoms with Gasteiger partial charge < -0.3 is 43.5 Å². The first kappa shape index (κ1) is 52.6. The number of carbonyl (C=O) groups excluding carboxylic acids is 5. The zero-order valence-corrected chi connectivity index (χ0v) is 40.4. The maximum atomic E-state index is 14.5. The highest BCUT2D eigenvalue weighted by atomic mass is 16.6. The summed E-state index contributed by atoms with van der Waals surface area (Å²) in [6.07, 6.45) is 12.4. The van der Waals surface area contributed by atoms with E-state index in [1.54, 1.807) is 48.2 Å². The summed E-state index contributed by atoms with van der Waals surface area (Å²) >= 11 is 0. The summed E-state index contributed by atoms with van der Waals surface area (Å²) < 4.78 is 35.4. The van der Waals surface area contributed by atoms with Gasteiger partial charge in [0.2, 0.25) is 5.79 Å². The smallest absolute Gasteiger partial charge is 0.329 e. The molecular formula is C51H77NO13. The SMILES string of the molecule is COC1CCC(C[C@H]2C3CCCN4C(=O)C(=O)C5(O)O[C@@H](CCC5C)C[C@H](OC)/C(C)=C/C=C/C=C/C(C)CC(C)C(=O)[C@H](OC)C(O)/C(C)=C/C(C)C(=O)C[C@@H]2OC(=O)C34)CC1OC. The number of allylic oxidation sites excluding steroid dienone is 6. The number of esters is 1. The fraction of sp³-hybridized carbons (Fsp3) is 0.745. The number of ketones is 3. The molecule has 4 bridgehead atoms. The van der Waals surface area contributed by atoms with Crippen LogP contribution >= 0.6 is 0 Å². The molecule has 364 valence electrons. The van der Waals surface area contributed by atoms with Gasteiger partial charge in [-0.2, -0.15) is 0 Å². The number of methoxy groups -OCH3 is 4. The molecule has 14 heteroatoms. The Morgan fingerprint density at radius 1 is 0.815 bits per heavy atom. The van der Waals surface area contributed by atoms with Gasteiger partial charge in [-0.3, -0.25) is 19.2 Å². The van der Waals surface area contributed by atoms with Crippen LogP contribution < -0.4 is 0 Å². The first-order valence-electron chi connectivity index (χ1n) is 23.9. The van der Waals surface area contributed by atoms with Gasteiger partial charge in [-0.25, -0.2) is 4.79 Å². The van der Waals surface area contributed by atoms with Gasteiger partial charge in [0.05, 0.1) is 24.4 Å². The second-order valence-electron chi connectivity index (χ2n) is 19.7. The molecule has 1 amide bonds. The van der Waals surface area contributed by atoms with E-state index in [4.69, 9.17) is 28.4 Å². The highest BCUT2D eigenvalue weighted by Gasteiger charge is 2.57. The average Bonchev–Trinajstić information content (AvgIpc) is 3.29. The third kappa shape index (κ3) is 12.4. The topological polar surface area (TPSA) is 184 Å². The van der Waals surface area contributed by atoms with Crippen LogP contribution in [0.4, 0.5) is 0 Å². The molecule has 5 aliphatic rings. The summed E-state index contributed by atoms with van der Waals surface area (Å²) in [6.45, 7) is 10.9. The van der Waals surface area contributed by atoms with Crippen molar-refractivity contribution in [3.63, 3.8) is 0 Å². The lowest BCUT2D eigenvalue weighted by molar-refractivity contribution is -0.266. The van der Waals surface area contributed by atoms with E-state index in [1.165, 1.54) is 12.0 Å². The molecule has 0 aromatic carbocycles. The van der Waals surface area contributed by atoms with E-state index >= 15 is 0 Å². The monoisotopic (exact) mass is 912 g/mol. The van der Waals surface area contributed by atoms with Crippen molar-refractivity contribution in [2.45, 2.75) is 167 Å². The molecule has 11 unspecified atom stereocenters. The Labute approximate surface area is 386 Å². The van der Waals surface area contributed by atoms with Crippen LogP contribution in [-0.4, -0.2) is 134 Å². The molecule has 14 nitrogen and oxygen atoms in total. The van der Waals surface area contributed by atoms with Crippen molar-refractivity contribution >= 4 is 29.2 Å². The molecule has 65 heavy (non-hydrogen) atoms. The second kappa shape index (κ2) is 23.6. The van der Waals surface area contributed by atoms with Gasteiger partial charge in [-0.1, -0.05) is 64.2 Å². The van der Waals surface area contributed by atoms with Crippen LogP contribution in [0.2, 0.25) is 0 Å². The lowest BCUT2D eigenvalue weighted by Crippen LogP contribution is -2.65. The Balaban J connectivity index is 1.51. The van der Waals surface area contributed by atoms with Crippen LogP contribution in [0.5, 0.6) is 0 Å². The summed E-state index contributed by atoms with van der Waals surface area (Å²) in [7, 11) is 6.31. The van der Waals surface area contributed by atoms with Crippen molar-refractivity contribution in [3.8, 4) is 0 Å². The minimum atomic E-state index is -2.42. The van der Waals surface area contributed by atoms with Crippen molar-refractivity contribution in [3.05, 3.63) is 47.6 Å². The van der Waals surface area contributed by atoms with Gasteiger partial charge >= 0.3 is 5.97 Å². The van der Waals surface area contributed by atoms with Crippen molar-refractivity contribution in [1.29, 1.82) is 0 Å². The van der Waals surface area contributed by atoms with Crippen molar-refractivity contribution in [2.24, 2.45) is 41.4 Å². The highest BCUT2D eigenvalue weighted by Crippen LogP contribution is 2.45. The number of Topliss-reactive ketones (excluding diaryl/α,β-unsaturated/α-hetero) is 3. The van der Waals surface area contributed by atoms with Crippen molar-refractivity contribution in [2.75, 3.05) is 35.0 Å². The molecule has 4 fully saturated rings. The van der Waals surface area contributed by atoms with E-state index in [9.17, 15) is 34.2 Å². The van der Waals surface area contributed by atoms with Crippen LogP contribution in [0.15, 0.2) is 47.6 Å². The molecular weight excluding hydrogens is 835 g/mol. The fourth-order valence-electron chi connectivity index (χ4n) is 11.2. The summed E-state index contributed by atoms with van der Waals surface area (Å²) in [6, 6.07) is -1.10. The normalized spacial score (nSPS) is 42.7. The Bertz CT molecular complexity index is 1810. The maximum absolute atomic E-state index is 14.5. The van der Waals surface area contributed by atoms with Crippen LogP contribution in [-0.2, 0) is 52.4 Å². The predicted molar refractivity (Wildman–Crippen MR) is 243 cm³/mol. The summed E-state index contributed by atoms with van der Waals surface area (Å²) in [4.78, 5) is 72.3. The van der Waals surface area contributed by atoms with E-state index < -0.39 is 83.7 Å². The van der Waals surface area contributed by atoms with Gasteiger partial charge in [-0.05, 0) is 101 Å². The van der Waals surface area contributed by atoms with Crippen molar-refractivity contribution in [1.82, 2.24) is 4.90 Å². The van der Waals surface area contributed by atoms with Crippen LogP contribution in [0.3, 0.4) is 0 Å². The van der Waals surface area contributed by atoms with Crippen LogP contribution in [0.1, 0.15) is 112 Å². The van der Waals surface area contributed by atoms with E-state index in [1.807, 2.05) is 51.2 Å². The molecule has 0 radical (unpaired) electrons. The Morgan fingerprint density at radius 2 is 1.54 bits per heavy atom. The Hall–Kier alpha value is -3.37. The van der Waals surface area contributed by atoms with Gasteiger partial charge in [0.15, 0.2) is 5.78 Å². The number of aliphatic hydroxyl groups excluding tert-OH is 1. The Morgan fingerprint density at radius 3 is 2.22 bits per heavy atom. The minimum absolute atomic E-state index is 0.0284. The third-order valence-corrected chi connectivity index (χ3v) is 15.2. The molecule has 3 saturated heterocycles. The molecule has 16 atom stereocenters. The molecule has 1 saturated carbocycles. The number of nitrogens with zero attached hydrogens (tertiary/aromatic N) is 1. The number of ether oxygens (including phenoxy) is 6. The lowest BCUT2D eigenvalue weighted by atomic mass is 9.68. The highest BCUT2D eigenvalue weighted by molar-refractivity contribution is 6.39. The van der Waals surface area contributed by atoms with E-state index in [-0.39, 0.29) is 54.5 Å². The van der Waals surface area contributed by atoms with Gasteiger partial charge in [0.25, 0.3) is 11.7 Å². The van der Waals surface area contributed by atoms with Gasteiger partial charge in [0.1, 0.15) is 30.1 Å². The molecule has 0 aromatic rings. The summed E-state index contributed by atoms with van der Waals surface area (Å²) in [5, 5.41) is 23.5. The number of fused-ring (bicyclic) bond motifs is 4. The standard InChI is InChI=1S/C51H77NO13/c1-29-15-12-11-13-16-30(2)41(61-8)27-36-20-18-34(6)51(59,65-36)48(56)49(57)52-22-14-17-37-38(25-35-19-21-40(60-7)43(26-35)62-9)42(64-50(58)44(37)52)28-39(53)31(3)24-33(5)46(55)47(63-10)45(54)32(4)23-29/h11-13,15-16,24,29,31-32,34-38,40-44,46-47,55,59H,14,17-23,25-28H2,1-10H3/b13-11+,15-12+,30-16+,33-24+/t29?,31?,32?,34?,35?,36-,37?,38-,40?,41-,42-,43?,44?,46?,47-,51?/m0/s1. The second-order valence-corrected chi connectivity index (χ2v) is 19.7. The fourth-order valence-corrected chi connectivity index (χ4v) is 11.2. The van der Waals surface area contributed by atoms with E-state index in [2.05, 4.69) is 0 Å². The van der Waals surface area contributed by atoms with Gasteiger partial charge in [-0.15, -0.1) is 0 Å². The van der Waals surface area contributed by atoms with Crippen LogP contribution in [0, 0.1) is 41.4 Å². The molecule has 2 N–H and O–H groups in total. The number of carbonyl (C=O) groups is 5. The molecule has 4 heterocycles. The van der Waals surface area contributed by atoms with Crippen molar-refractivity contribution < 1.29 is 62.6 Å². The Kier molecular flexibility index (Phi) is 19.1. The van der Waals surface area contributed by atoms with Crippen LogP contribution in [0.25, 0.3) is 0 Å². The summed E-state index contributed by atoms with van der Waals surface area (Å²) in [5.74, 6) is -8.14.